The van der Waals surface area contributed by atoms with Crippen LogP contribution in [0.15, 0.2) is 53.1 Å². The number of oxazole rings is 1. The molecule has 2 heterocycles. The Hall–Kier alpha value is -3.22. The first kappa shape index (κ1) is 22.6. The molecular formula is C27H29F2N3O2. The van der Waals surface area contributed by atoms with Crippen molar-refractivity contribution in [1.82, 2.24) is 9.97 Å². The van der Waals surface area contributed by atoms with Crippen molar-refractivity contribution in [3.63, 3.8) is 0 Å². The summed E-state index contributed by atoms with van der Waals surface area (Å²) < 4.78 is 37.3. The topological polar surface area (TPSA) is 60.2 Å². The minimum Gasteiger partial charge on any atom is -0.491 e. The number of nitrogens with one attached hydrogen (secondary N) is 1. The molecule has 178 valence electrons. The SMILES string of the molecule is CC(CC1CCC(c2ccnc3ccc(F)cc23)CC1)Nc1nc2ccc(OCCF)cc2o1. The van der Waals surface area contributed by atoms with Crippen LogP contribution in [0.4, 0.5) is 14.8 Å². The van der Waals surface area contributed by atoms with Crippen molar-refractivity contribution in [3.05, 3.63) is 60.0 Å². The van der Waals surface area contributed by atoms with Crippen LogP contribution in [-0.2, 0) is 0 Å². The zero-order valence-electron chi connectivity index (χ0n) is 19.3. The molecule has 1 unspecified atom stereocenters. The summed E-state index contributed by atoms with van der Waals surface area (Å²) in [5.41, 5.74) is 3.44. The largest absolute Gasteiger partial charge is 0.491 e. The molecule has 1 N–H and O–H groups in total. The molecule has 0 amide bonds. The number of pyridine rings is 1. The summed E-state index contributed by atoms with van der Waals surface area (Å²) in [5.74, 6) is 1.42. The second-order valence-electron chi connectivity index (χ2n) is 9.25. The molecule has 34 heavy (non-hydrogen) atoms. The number of benzene rings is 2. The molecule has 1 aliphatic carbocycles. The summed E-state index contributed by atoms with van der Waals surface area (Å²) in [6.07, 6.45) is 7.33. The highest BCUT2D eigenvalue weighted by Gasteiger charge is 2.25. The Labute approximate surface area is 197 Å². The van der Waals surface area contributed by atoms with E-state index in [4.69, 9.17) is 9.15 Å². The Morgan fingerprint density at radius 3 is 2.74 bits per heavy atom. The number of anilines is 1. The zero-order chi connectivity index (χ0) is 23.5. The van der Waals surface area contributed by atoms with E-state index in [2.05, 4.69) is 28.3 Å². The molecule has 7 heteroatoms. The summed E-state index contributed by atoms with van der Waals surface area (Å²) in [4.78, 5) is 8.90. The third-order valence-corrected chi connectivity index (χ3v) is 6.79. The number of nitrogens with zero attached hydrogens (tertiary/aromatic N) is 2. The fourth-order valence-corrected chi connectivity index (χ4v) is 5.19. The third-order valence-electron chi connectivity index (χ3n) is 6.79. The van der Waals surface area contributed by atoms with Crippen molar-refractivity contribution >= 4 is 28.0 Å². The summed E-state index contributed by atoms with van der Waals surface area (Å²) in [6, 6.07) is 12.9. The molecule has 2 aromatic carbocycles. The molecule has 5 nitrogen and oxygen atoms in total. The van der Waals surface area contributed by atoms with Gasteiger partial charge in [0, 0.05) is 23.7 Å². The Morgan fingerprint density at radius 1 is 1.09 bits per heavy atom. The lowest BCUT2D eigenvalue weighted by Gasteiger charge is -2.31. The van der Waals surface area contributed by atoms with Crippen LogP contribution in [0, 0.1) is 11.7 Å². The van der Waals surface area contributed by atoms with Crippen LogP contribution in [0.3, 0.4) is 0 Å². The van der Waals surface area contributed by atoms with Crippen molar-refractivity contribution in [2.75, 3.05) is 18.6 Å². The van der Waals surface area contributed by atoms with Gasteiger partial charge in [0.1, 0.15) is 30.4 Å². The molecule has 0 aliphatic heterocycles. The van der Waals surface area contributed by atoms with Gasteiger partial charge in [-0.1, -0.05) is 0 Å². The van der Waals surface area contributed by atoms with Crippen LogP contribution >= 0.6 is 0 Å². The molecule has 2 aromatic heterocycles. The zero-order valence-corrected chi connectivity index (χ0v) is 19.3. The van der Waals surface area contributed by atoms with Gasteiger partial charge in [-0.2, -0.15) is 4.98 Å². The highest BCUT2D eigenvalue weighted by Crippen LogP contribution is 2.40. The van der Waals surface area contributed by atoms with Gasteiger partial charge in [-0.05, 0) is 92.8 Å². The van der Waals surface area contributed by atoms with Gasteiger partial charge in [-0.3, -0.25) is 4.98 Å². The van der Waals surface area contributed by atoms with Crippen molar-refractivity contribution < 1.29 is 17.9 Å². The van der Waals surface area contributed by atoms with Crippen molar-refractivity contribution in [2.24, 2.45) is 5.92 Å². The number of halogens is 2. The van der Waals surface area contributed by atoms with Crippen LogP contribution in [0.5, 0.6) is 5.75 Å². The summed E-state index contributed by atoms with van der Waals surface area (Å²) >= 11 is 0. The average molecular weight is 466 g/mol. The summed E-state index contributed by atoms with van der Waals surface area (Å²) in [5, 5.41) is 4.33. The molecule has 4 aromatic rings. The van der Waals surface area contributed by atoms with Crippen molar-refractivity contribution in [3.8, 4) is 5.75 Å². The van der Waals surface area contributed by atoms with E-state index in [1.807, 2.05) is 12.3 Å². The van der Waals surface area contributed by atoms with E-state index in [0.29, 0.717) is 29.2 Å². The Balaban J connectivity index is 1.17. The van der Waals surface area contributed by atoms with Gasteiger partial charge in [0.05, 0.1) is 5.52 Å². The van der Waals surface area contributed by atoms with E-state index in [1.54, 1.807) is 24.3 Å². The van der Waals surface area contributed by atoms with E-state index in [-0.39, 0.29) is 18.5 Å². The van der Waals surface area contributed by atoms with E-state index in [9.17, 15) is 8.78 Å². The van der Waals surface area contributed by atoms with Gasteiger partial charge in [-0.15, -0.1) is 0 Å². The van der Waals surface area contributed by atoms with Gasteiger partial charge in [0.2, 0.25) is 0 Å². The molecule has 1 atom stereocenters. The van der Waals surface area contributed by atoms with Crippen LogP contribution in [0.2, 0.25) is 0 Å². The minimum atomic E-state index is -0.529. The monoisotopic (exact) mass is 465 g/mol. The number of hydrogen-bond donors (Lipinski definition) is 1. The number of hydrogen-bond acceptors (Lipinski definition) is 5. The second-order valence-corrected chi connectivity index (χ2v) is 9.25. The predicted molar refractivity (Wildman–Crippen MR) is 130 cm³/mol. The Kier molecular flexibility index (Phi) is 6.61. The summed E-state index contributed by atoms with van der Waals surface area (Å²) in [7, 11) is 0. The van der Waals surface area contributed by atoms with E-state index in [1.165, 1.54) is 11.6 Å². The molecular weight excluding hydrogens is 436 g/mol. The third kappa shape index (κ3) is 4.98. The lowest BCUT2D eigenvalue weighted by molar-refractivity contribution is 0.273. The lowest BCUT2D eigenvalue weighted by atomic mass is 9.76. The maximum absolute atomic E-state index is 13.8. The van der Waals surface area contributed by atoms with E-state index < -0.39 is 6.67 Å². The fourth-order valence-electron chi connectivity index (χ4n) is 5.19. The molecule has 1 aliphatic rings. The lowest BCUT2D eigenvalue weighted by Crippen LogP contribution is -2.23. The molecule has 5 rings (SSSR count). The van der Waals surface area contributed by atoms with Gasteiger partial charge in [0.25, 0.3) is 6.01 Å². The van der Waals surface area contributed by atoms with E-state index >= 15 is 0 Å². The number of fused-ring (bicyclic) bond motifs is 2. The molecule has 1 fully saturated rings. The second kappa shape index (κ2) is 9.95. The smallest absolute Gasteiger partial charge is 0.295 e. The number of ether oxygens (including phenoxy) is 1. The van der Waals surface area contributed by atoms with Gasteiger partial charge in [-0.25, -0.2) is 8.78 Å². The van der Waals surface area contributed by atoms with Crippen LogP contribution in [-0.4, -0.2) is 29.3 Å². The maximum atomic E-state index is 13.8. The highest BCUT2D eigenvalue weighted by atomic mass is 19.1. The normalized spacial score (nSPS) is 19.4. The first-order chi connectivity index (χ1) is 16.6. The van der Waals surface area contributed by atoms with Crippen molar-refractivity contribution in [1.29, 1.82) is 0 Å². The Morgan fingerprint density at radius 2 is 1.91 bits per heavy atom. The number of rotatable bonds is 8. The molecule has 0 bridgehead atoms. The van der Waals surface area contributed by atoms with Gasteiger partial charge >= 0.3 is 0 Å². The fraction of sp³-hybridized carbons (Fsp3) is 0.407. The molecule has 0 saturated heterocycles. The van der Waals surface area contributed by atoms with Gasteiger partial charge < -0.3 is 14.5 Å². The van der Waals surface area contributed by atoms with Crippen LogP contribution < -0.4 is 10.1 Å². The number of alkyl halides is 1. The number of aromatic nitrogens is 2. The highest BCUT2D eigenvalue weighted by molar-refractivity contribution is 5.82. The molecule has 1 saturated carbocycles. The Bertz CT molecular complexity index is 1270. The predicted octanol–water partition coefficient (Wildman–Crippen LogP) is 7.03. The standard InChI is InChI=1S/C27H29F2N3O2/c1-17(31-27-32-25-9-7-21(33-13-11-28)16-26(25)34-27)14-18-2-4-19(5-3-18)22-10-12-30-24-8-6-20(29)15-23(22)24/h6-10,12,15-19H,2-5,11,13-14H2,1H3,(H,31,32). The average Bonchev–Trinajstić information content (AvgIpc) is 3.24. The van der Waals surface area contributed by atoms with Gasteiger partial charge in [0.15, 0.2) is 5.58 Å². The molecule has 0 radical (unpaired) electrons. The van der Waals surface area contributed by atoms with Crippen LogP contribution in [0.25, 0.3) is 22.0 Å². The maximum Gasteiger partial charge on any atom is 0.295 e. The van der Waals surface area contributed by atoms with Crippen LogP contribution in [0.1, 0.15) is 50.5 Å². The minimum absolute atomic E-state index is 0.0261. The quantitative estimate of drug-likeness (QED) is 0.303. The first-order valence-electron chi connectivity index (χ1n) is 12.0. The molecule has 0 spiro atoms. The van der Waals surface area contributed by atoms with E-state index in [0.717, 1.165) is 48.5 Å². The first-order valence-corrected chi connectivity index (χ1v) is 12.0. The summed E-state index contributed by atoms with van der Waals surface area (Å²) in [6.45, 7) is 1.65. The van der Waals surface area contributed by atoms with Crippen molar-refractivity contribution in [2.45, 2.75) is 51.0 Å².